The van der Waals surface area contributed by atoms with E-state index in [0.717, 1.165) is 18.5 Å². The highest BCUT2D eigenvalue weighted by atomic mass is 16.2. The molecule has 7 nitrogen and oxygen atoms in total. The van der Waals surface area contributed by atoms with E-state index in [1.165, 1.54) is 0 Å². The largest absolute Gasteiger partial charge is 0.355 e. The molecule has 1 aliphatic rings. The third-order valence-corrected chi connectivity index (χ3v) is 4.31. The van der Waals surface area contributed by atoms with Crippen molar-refractivity contribution in [2.45, 2.75) is 32.4 Å². The van der Waals surface area contributed by atoms with E-state index in [2.05, 4.69) is 20.9 Å². The van der Waals surface area contributed by atoms with Gasteiger partial charge in [-0.15, -0.1) is 0 Å². The first-order chi connectivity index (χ1) is 12.1. The van der Waals surface area contributed by atoms with Crippen molar-refractivity contribution >= 4 is 17.8 Å². The van der Waals surface area contributed by atoms with E-state index < -0.39 is 0 Å². The molecular formula is C18H27N5O2. The summed E-state index contributed by atoms with van der Waals surface area (Å²) in [7, 11) is 3.35. The van der Waals surface area contributed by atoms with Gasteiger partial charge in [0.15, 0.2) is 5.96 Å². The molecule has 0 spiro atoms. The Morgan fingerprint density at radius 1 is 1.28 bits per heavy atom. The van der Waals surface area contributed by atoms with Gasteiger partial charge >= 0.3 is 0 Å². The molecule has 1 heterocycles. The summed E-state index contributed by atoms with van der Waals surface area (Å²) >= 11 is 0. The molecule has 0 radical (unpaired) electrons. The maximum Gasteiger partial charge on any atom is 0.251 e. The van der Waals surface area contributed by atoms with Gasteiger partial charge in [-0.2, -0.15) is 0 Å². The molecule has 3 N–H and O–H groups in total. The Labute approximate surface area is 148 Å². The monoisotopic (exact) mass is 345 g/mol. The van der Waals surface area contributed by atoms with Crippen molar-refractivity contribution in [3.8, 4) is 0 Å². The highest BCUT2D eigenvalue weighted by Crippen LogP contribution is 2.10. The van der Waals surface area contributed by atoms with Crippen LogP contribution in [0.15, 0.2) is 29.3 Å². The van der Waals surface area contributed by atoms with Crippen LogP contribution in [0.25, 0.3) is 0 Å². The molecule has 1 saturated heterocycles. The van der Waals surface area contributed by atoms with Crippen LogP contribution in [0.1, 0.15) is 35.7 Å². The van der Waals surface area contributed by atoms with Gasteiger partial charge in [-0.25, -0.2) is 0 Å². The van der Waals surface area contributed by atoms with Crippen LogP contribution in [0, 0.1) is 0 Å². The van der Waals surface area contributed by atoms with E-state index >= 15 is 0 Å². The van der Waals surface area contributed by atoms with Gasteiger partial charge in [0.25, 0.3) is 5.91 Å². The Morgan fingerprint density at radius 2 is 2.00 bits per heavy atom. The first-order valence-electron chi connectivity index (χ1n) is 8.63. The zero-order valence-electron chi connectivity index (χ0n) is 15.1. The molecule has 1 unspecified atom stereocenters. The molecule has 1 fully saturated rings. The van der Waals surface area contributed by atoms with E-state index in [1.807, 2.05) is 24.0 Å². The summed E-state index contributed by atoms with van der Waals surface area (Å²) in [5.41, 5.74) is 1.70. The average Bonchev–Trinajstić information content (AvgIpc) is 3.12. The Balaban J connectivity index is 1.83. The van der Waals surface area contributed by atoms with Gasteiger partial charge in [-0.05, 0) is 24.1 Å². The second-order valence-corrected chi connectivity index (χ2v) is 6.03. The lowest BCUT2D eigenvalue weighted by molar-refractivity contribution is -0.129. The van der Waals surface area contributed by atoms with E-state index in [0.29, 0.717) is 31.0 Å². The first-order valence-corrected chi connectivity index (χ1v) is 8.63. The molecule has 1 aromatic rings. The second-order valence-electron chi connectivity index (χ2n) is 6.03. The Hall–Kier alpha value is -2.57. The van der Waals surface area contributed by atoms with Gasteiger partial charge in [0.1, 0.15) is 0 Å². The number of guanidine groups is 1. The van der Waals surface area contributed by atoms with Crippen LogP contribution in [-0.2, 0) is 11.3 Å². The topological polar surface area (TPSA) is 85.8 Å². The van der Waals surface area contributed by atoms with Gasteiger partial charge in [-0.1, -0.05) is 19.1 Å². The number of benzene rings is 1. The number of nitrogens with zero attached hydrogens (tertiary/aromatic N) is 2. The van der Waals surface area contributed by atoms with Crippen molar-refractivity contribution in [1.29, 1.82) is 0 Å². The zero-order valence-corrected chi connectivity index (χ0v) is 15.1. The Bertz CT molecular complexity index is 627. The predicted molar refractivity (Wildman–Crippen MR) is 98.4 cm³/mol. The van der Waals surface area contributed by atoms with E-state index in [4.69, 9.17) is 0 Å². The number of rotatable bonds is 5. The number of carbonyl (C=O) groups is 2. The highest BCUT2D eigenvalue weighted by molar-refractivity contribution is 5.93. The molecule has 1 atom stereocenters. The summed E-state index contributed by atoms with van der Waals surface area (Å²) in [6, 6.07) is 7.66. The van der Waals surface area contributed by atoms with Crippen molar-refractivity contribution < 1.29 is 9.59 Å². The fourth-order valence-corrected chi connectivity index (χ4v) is 2.82. The third-order valence-electron chi connectivity index (χ3n) is 4.31. The summed E-state index contributed by atoms with van der Waals surface area (Å²) in [6.07, 6.45) is 1.47. The van der Waals surface area contributed by atoms with Crippen molar-refractivity contribution in [3.63, 3.8) is 0 Å². The van der Waals surface area contributed by atoms with Gasteiger partial charge in [0.2, 0.25) is 5.91 Å². The van der Waals surface area contributed by atoms with Crippen LogP contribution in [-0.4, -0.2) is 55.9 Å². The number of amides is 2. The molecule has 25 heavy (non-hydrogen) atoms. The fourth-order valence-electron chi connectivity index (χ4n) is 2.82. The molecule has 0 aromatic heterocycles. The molecule has 0 bridgehead atoms. The standard InChI is InChI=1S/C18H27N5O2/c1-4-16(24)23-10-9-15(12-23)22-18(20-3)21-11-13-5-7-14(8-6-13)17(25)19-2/h5-8,15H,4,9-12H2,1-3H3,(H,19,25)(H2,20,21,22). The van der Waals surface area contributed by atoms with Crippen molar-refractivity contribution in [1.82, 2.24) is 20.9 Å². The molecule has 1 aromatic carbocycles. The minimum absolute atomic E-state index is 0.0931. The molecule has 0 aliphatic carbocycles. The van der Waals surface area contributed by atoms with Gasteiger partial charge in [0, 0.05) is 51.8 Å². The van der Waals surface area contributed by atoms with Crippen molar-refractivity contribution in [3.05, 3.63) is 35.4 Å². The lowest BCUT2D eigenvalue weighted by Gasteiger charge is -2.18. The number of hydrogen-bond acceptors (Lipinski definition) is 3. The summed E-state index contributed by atoms with van der Waals surface area (Å²) in [6.45, 7) is 4.01. The number of hydrogen-bond donors (Lipinski definition) is 3. The van der Waals surface area contributed by atoms with Crippen molar-refractivity contribution in [2.24, 2.45) is 4.99 Å². The summed E-state index contributed by atoms with van der Waals surface area (Å²) in [5, 5.41) is 9.24. The molecule has 1 aliphatic heterocycles. The molecule has 7 heteroatoms. The molecule has 2 rings (SSSR count). The van der Waals surface area contributed by atoms with E-state index in [1.54, 1.807) is 26.2 Å². The maximum atomic E-state index is 11.7. The quantitative estimate of drug-likeness (QED) is 0.542. The predicted octanol–water partition coefficient (Wildman–Crippen LogP) is 0.722. The number of carbonyl (C=O) groups excluding carboxylic acids is 2. The normalized spacial score (nSPS) is 17.3. The van der Waals surface area contributed by atoms with Crippen LogP contribution < -0.4 is 16.0 Å². The van der Waals surface area contributed by atoms with Crippen LogP contribution in [0.3, 0.4) is 0 Å². The smallest absolute Gasteiger partial charge is 0.251 e. The third kappa shape index (κ3) is 5.20. The Kier molecular flexibility index (Phi) is 6.80. The SMILES string of the molecule is CCC(=O)N1CCC(NC(=NC)NCc2ccc(C(=O)NC)cc2)C1. The van der Waals surface area contributed by atoms with Crippen LogP contribution in [0.4, 0.5) is 0 Å². The fraction of sp³-hybridized carbons (Fsp3) is 0.500. The summed E-state index contributed by atoms with van der Waals surface area (Å²) in [4.78, 5) is 29.4. The number of nitrogens with one attached hydrogen (secondary N) is 3. The minimum Gasteiger partial charge on any atom is -0.355 e. The first kappa shape index (κ1) is 18.8. The van der Waals surface area contributed by atoms with Crippen LogP contribution in [0.5, 0.6) is 0 Å². The zero-order chi connectivity index (χ0) is 18.2. The van der Waals surface area contributed by atoms with Crippen LogP contribution in [0.2, 0.25) is 0 Å². The average molecular weight is 345 g/mol. The van der Waals surface area contributed by atoms with Crippen LogP contribution >= 0.6 is 0 Å². The maximum absolute atomic E-state index is 11.7. The van der Waals surface area contributed by atoms with Gasteiger partial charge < -0.3 is 20.9 Å². The number of aliphatic imine (C=N–C) groups is 1. The number of likely N-dealkylation sites (tertiary alicyclic amines) is 1. The summed E-state index contributed by atoms with van der Waals surface area (Å²) in [5.74, 6) is 0.819. The second kappa shape index (κ2) is 9.05. The molecule has 2 amide bonds. The lowest BCUT2D eigenvalue weighted by atomic mass is 10.1. The van der Waals surface area contributed by atoms with Crippen molar-refractivity contribution in [2.75, 3.05) is 27.2 Å². The molecular weight excluding hydrogens is 318 g/mol. The minimum atomic E-state index is -0.0931. The molecule has 136 valence electrons. The Morgan fingerprint density at radius 3 is 2.60 bits per heavy atom. The van der Waals surface area contributed by atoms with E-state index in [-0.39, 0.29) is 17.9 Å². The van der Waals surface area contributed by atoms with E-state index in [9.17, 15) is 9.59 Å². The molecule has 0 saturated carbocycles. The van der Waals surface area contributed by atoms with Gasteiger partial charge in [-0.3, -0.25) is 14.6 Å². The summed E-state index contributed by atoms with van der Waals surface area (Å²) < 4.78 is 0. The highest BCUT2D eigenvalue weighted by Gasteiger charge is 2.25. The lowest BCUT2D eigenvalue weighted by Crippen LogP contribution is -2.44. The van der Waals surface area contributed by atoms with Gasteiger partial charge in [0.05, 0.1) is 0 Å².